The summed E-state index contributed by atoms with van der Waals surface area (Å²) in [5, 5.41) is 0. The summed E-state index contributed by atoms with van der Waals surface area (Å²) in [5.74, 6) is -2.96. The molecule has 3 aromatic carbocycles. The standard InChI is InChI=1S/C37H42F4/c1-3-5-6-7-8-9-10-11-13-30-22-23-31(35(39)34(30)38)28-18-20-29(21-19-28)33-25-24-32(36(40)37(33)41)27-16-14-26(12-4-2)15-17-27/h4,12,16,18-26H,3,5-11,13-15,17H2,1-2H3. The first kappa shape index (κ1) is 30.8. The van der Waals surface area contributed by atoms with E-state index in [2.05, 4.69) is 13.0 Å². The van der Waals surface area contributed by atoms with Crippen molar-refractivity contribution in [3.05, 3.63) is 101 Å². The van der Waals surface area contributed by atoms with Gasteiger partial charge in [0, 0.05) is 16.7 Å². The Morgan fingerprint density at radius 3 is 1.78 bits per heavy atom. The van der Waals surface area contributed by atoms with Crippen LogP contribution in [0.4, 0.5) is 17.6 Å². The van der Waals surface area contributed by atoms with E-state index in [-0.39, 0.29) is 11.1 Å². The van der Waals surface area contributed by atoms with Crippen LogP contribution in [0.5, 0.6) is 0 Å². The van der Waals surface area contributed by atoms with Crippen molar-refractivity contribution in [1.29, 1.82) is 0 Å². The van der Waals surface area contributed by atoms with Gasteiger partial charge >= 0.3 is 0 Å². The summed E-state index contributed by atoms with van der Waals surface area (Å²) in [6, 6.07) is 13.0. The second kappa shape index (κ2) is 15.2. The molecular weight excluding hydrogens is 520 g/mol. The van der Waals surface area contributed by atoms with Crippen LogP contribution in [0.25, 0.3) is 27.8 Å². The molecule has 4 heteroatoms. The SMILES string of the molecule is CC=CC1CC=C(c2ccc(-c3ccc(-c4ccc(CCCCCCCCCC)c(F)c4F)cc3)c(F)c2F)CC1. The predicted octanol–water partition coefficient (Wildman–Crippen LogP) is 12.0. The highest BCUT2D eigenvalue weighted by Gasteiger charge is 2.21. The first-order valence-electron chi connectivity index (χ1n) is 15.3. The zero-order valence-electron chi connectivity index (χ0n) is 24.4. The molecule has 0 nitrogen and oxygen atoms in total. The van der Waals surface area contributed by atoms with Gasteiger partial charge < -0.3 is 0 Å². The lowest BCUT2D eigenvalue weighted by molar-refractivity contribution is 0.497. The molecule has 0 aromatic heterocycles. The first-order chi connectivity index (χ1) is 19.9. The van der Waals surface area contributed by atoms with Gasteiger partial charge in [-0.15, -0.1) is 0 Å². The van der Waals surface area contributed by atoms with E-state index < -0.39 is 23.3 Å². The minimum absolute atomic E-state index is 0.147. The molecule has 1 aliphatic carbocycles. The maximum atomic E-state index is 15.2. The molecule has 41 heavy (non-hydrogen) atoms. The summed E-state index contributed by atoms with van der Waals surface area (Å²) in [5.41, 5.74) is 2.83. The molecule has 0 bridgehead atoms. The van der Waals surface area contributed by atoms with Crippen LogP contribution in [0.2, 0.25) is 0 Å². The topological polar surface area (TPSA) is 0 Å². The summed E-state index contributed by atoms with van der Waals surface area (Å²) in [7, 11) is 0. The van der Waals surface area contributed by atoms with Gasteiger partial charge in [0.15, 0.2) is 23.3 Å². The molecule has 0 fully saturated rings. The van der Waals surface area contributed by atoms with Gasteiger partial charge in [-0.05, 0) is 67.2 Å². The molecule has 0 heterocycles. The van der Waals surface area contributed by atoms with Crippen LogP contribution in [-0.2, 0) is 6.42 Å². The molecule has 0 amide bonds. The fraction of sp³-hybridized carbons (Fsp3) is 0.405. The van der Waals surface area contributed by atoms with Gasteiger partial charge in [0.05, 0.1) is 0 Å². The van der Waals surface area contributed by atoms with Gasteiger partial charge in [0.2, 0.25) is 0 Å². The molecule has 218 valence electrons. The average molecular weight is 563 g/mol. The van der Waals surface area contributed by atoms with Crippen molar-refractivity contribution < 1.29 is 17.6 Å². The van der Waals surface area contributed by atoms with Crippen molar-refractivity contribution >= 4 is 5.57 Å². The lowest BCUT2D eigenvalue weighted by Gasteiger charge is -2.20. The maximum absolute atomic E-state index is 15.2. The van der Waals surface area contributed by atoms with Crippen molar-refractivity contribution in [2.75, 3.05) is 0 Å². The predicted molar refractivity (Wildman–Crippen MR) is 164 cm³/mol. The van der Waals surface area contributed by atoms with Crippen LogP contribution >= 0.6 is 0 Å². The highest BCUT2D eigenvalue weighted by molar-refractivity contribution is 5.74. The van der Waals surface area contributed by atoms with E-state index in [9.17, 15) is 4.39 Å². The Morgan fingerprint density at radius 2 is 1.20 bits per heavy atom. The van der Waals surface area contributed by atoms with Crippen LogP contribution in [0.3, 0.4) is 0 Å². The van der Waals surface area contributed by atoms with Crippen molar-refractivity contribution in [2.24, 2.45) is 5.92 Å². The van der Waals surface area contributed by atoms with Crippen molar-refractivity contribution in [3.8, 4) is 22.3 Å². The fourth-order valence-electron chi connectivity index (χ4n) is 5.85. The lowest BCUT2D eigenvalue weighted by Crippen LogP contribution is -2.05. The number of aryl methyl sites for hydroxylation is 1. The van der Waals surface area contributed by atoms with Gasteiger partial charge in [0.1, 0.15) is 0 Å². The number of halogens is 4. The number of hydrogen-bond acceptors (Lipinski definition) is 0. The van der Waals surface area contributed by atoms with Crippen molar-refractivity contribution in [2.45, 2.75) is 90.9 Å². The Kier molecular flexibility index (Phi) is 11.4. The Morgan fingerprint density at radius 1 is 0.659 bits per heavy atom. The average Bonchev–Trinajstić information content (AvgIpc) is 2.99. The third kappa shape index (κ3) is 7.78. The first-order valence-corrected chi connectivity index (χ1v) is 15.3. The van der Waals surface area contributed by atoms with Gasteiger partial charge in [0.25, 0.3) is 0 Å². The summed E-state index contributed by atoms with van der Waals surface area (Å²) in [6.45, 7) is 4.19. The van der Waals surface area contributed by atoms with E-state index in [4.69, 9.17) is 0 Å². The number of allylic oxidation sites excluding steroid dienone is 4. The highest BCUT2D eigenvalue weighted by atomic mass is 19.2. The van der Waals surface area contributed by atoms with Crippen molar-refractivity contribution in [1.82, 2.24) is 0 Å². The second-order valence-electron chi connectivity index (χ2n) is 11.3. The van der Waals surface area contributed by atoms with Gasteiger partial charge in [-0.3, -0.25) is 0 Å². The Labute approximate surface area is 243 Å². The zero-order valence-corrected chi connectivity index (χ0v) is 24.4. The normalized spacial score (nSPS) is 15.5. The molecule has 1 atom stereocenters. The van der Waals surface area contributed by atoms with E-state index in [1.54, 1.807) is 48.5 Å². The van der Waals surface area contributed by atoms with E-state index >= 15 is 13.2 Å². The molecule has 0 aliphatic heterocycles. The Hall–Kier alpha value is -3.14. The summed E-state index contributed by atoms with van der Waals surface area (Å²) in [6.07, 6.45) is 18.4. The zero-order chi connectivity index (χ0) is 29.2. The van der Waals surface area contributed by atoms with Gasteiger partial charge in [-0.2, -0.15) is 0 Å². The lowest BCUT2D eigenvalue weighted by atomic mass is 9.85. The van der Waals surface area contributed by atoms with Crippen molar-refractivity contribution in [3.63, 3.8) is 0 Å². The molecule has 0 spiro atoms. The summed E-state index contributed by atoms with van der Waals surface area (Å²) in [4.78, 5) is 0. The largest absolute Gasteiger partial charge is 0.203 e. The van der Waals surface area contributed by atoms with Crippen LogP contribution in [0.1, 0.15) is 95.6 Å². The highest BCUT2D eigenvalue weighted by Crippen LogP contribution is 2.36. The fourth-order valence-corrected chi connectivity index (χ4v) is 5.85. The maximum Gasteiger partial charge on any atom is 0.167 e. The number of hydrogen-bond donors (Lipinski definition) is 0. The van der Waals surface area contributed by atoms with Crippen LogP contribution in [0, 0.1) is 29.2 Å². The van der Waals surface area contributed by atoms with E-state index in [0.29, 0.717) is 41.0 Å². The third-order valence-corrected chi connectivity index (χ3v) is 8.31. The molecule has 0 N–H and O–H groups in total. The van der Waals surface area contributed by atoms with E-state index in [1.807, 2.05) is 19.1 Å². The second-order valence-corrected chi connectivity index (χ2v) is 11.3. The molecule has 0 saturated heterocycles. The van der Waals surface area contributed by atoms with Gasteiger partial charge in [-0.1, -0.05) is 119 Å². The molecule has 0 radical (unpaired) electrons. The molecule has 0 saturated carbocycles. The van der Waals surface area contributed by atoms with E-state index in [0.717, 1.165) is 37.7 Å². The minimum atomic E-state index is -0.894. The van der Waals surface area contributed by atoms with Crippen LogP contribution < -0.4 is 0 Å². The van der Waals surface area contributed by atoms with Crippen LogP contribution in [-0.4, -0.2) is 0 Å². The third-order valence-electron chi connectivity index (χ3n) is 8.31. The minimum Gasteiger partial charge on any atom is -0.203 e. The summed E-state index contributed by atoms with van der Waals surface area (Å²) < 4.78 is 60.2. The molecule has 1 unspecified atom stereocenters. The number of rotatable bonds is 13. The Bertz CT molecular complexity index is 1350. The van der Waals surface area contributed by atoms with Gasteiger partial charge in [-0.25, -0.2) is 17.6 Å². The number of benzene rings is 3. The summed E-state index contributed by atoms with van der Waals surface area (Å²) >= 11 is 0. The molecule has 3 aromatic rings. The Balaban J connectivity index is 1.41. The quantitative estimate of drug-likeness (QED) is 0.110. The van der Waals surface area contributed by atoms with Crippen LogP contribution in [0.15, 0.2) is 66.8 Å². The smallest absolute Gasteiger partial charge is 0.167 e. The molecule has 4 rings (SSSR count). The van der Waals surface area contributed by atoms with E-state index in [1.165, 1.54) is 32.1 Å². The molecular formula is C37H42F4. The number of unbranched alkanes of at least 4 members (excludes halogenated alkanes) is 7. The monoisotopic (exact) mass is 562 g/mol. The molecule has 1 aliphatic rings.